The topological polar surface area (TPSA) is 71.3 Å². The van der Waals surface area contributed by atoms with Gasteiger partial charge in [-0.15, -0.1) is 0 Å². The summed E-state index contributed by atoms with van der Waals surface area (Å²) >= 11 is 3.16. The fourth-order valence-electron chi connectivity index (χ4n) is 2.29. The lowest BCUT2D eigenvalue weighted by molar-refractivity contribution is 0.0993. The van der Waals surface area contributed by atoms with Crippen LogP contribution < -0.4 is 10.6 Å². The molecule has 2 amide bonds. The lowest BCUT2D eigenvalue weighted by Crippen LogP contribution is -2.13. The van der Waals surface area contributed by atoms with Gasteiger partial charge in [-0.05, 0) is 70.9 Å². The van der Waals surface area contributed by atoms with E-state index in [-0.39, 0.29) is 17.6 Å². The van der Waals surface area contributed by atoms with Gasteiger partial charge in [0, 0.05) is 16.9 Å². The summed E-state index contributed by atoms with van der Waals surface area (Å²) in [6.45, 7) is 1.89. The Balaban J connectivity index is 1.65. The van der Waals surface area contributed by atoms with Crippen LogP contribution in [0.2, 0.25) is 0 Å². The highest BCUT2D eigenvalue weighted by atomic mass is 79.9. The fraction of sp³-hybridized carbons (Fsp3) is 0.0526. The van der Waals surface area contributed by atoms with Crippen LogP contribution in [0.3, 0.4) is 0 Å². The molecule has 1 aromatic heterocycles. The Morgan fingerprint density at radius 2 is 1.44 bits per heavy atom. The van der Waals surface area contributed by atoms with Gasteiger partial charge in [0.25, 0.3) is 11.8 Å². The van der Waals surface area contributed by atoms with E-state index in [1.807, 2.05) is 25.1 Å². The van der Waals surface area contributed by atoms with Crippen LogP contribution in [0.5, 0.6) is 0 Å². The quantitative estimate of drug-likeness (QED) is 0.659. The summed E-state index contributed by atoms with van der Waals surface area (Å²) in [6.07, 6.45) is 0. The van der Waals surface area contributed by atoms with E-state index < -0.39 is 0 Å². The SMILES string of the molecule is Cc1ccccc1C(=O)Nc1ccc(NC(=O)c2ccc(Br)o2)cc1. The van der Waals surface area contributed by atoms with Gasteiger partial charge >= 0.3 is 0 Å². The molecule has 0 unspecified atom stereocenters. The average Bonchev–Trinajstić information content (AvgIpc) is 3.03. The number of amides is 2. The van der Waals surface area contributed by atoms with E-state index in [1.165, 1.54) is 0 Å². The second-order valence-corrected chi connectivity index (χ2v) is 6.19. The van der Waals surface area contributed by atoms with Crippen molar-refractivity contribution in [1.82, 2.24) is 0 Å². The number of carbonyl (C=O) groups is 2. The normalized spacial score (nSPS) is 10.3. The molecule has 0 fully saturated rings. The first-order chi connectivity index (χ1) is 12.0. The van der Waals surface area contributed by atoms with E-state index >= 15 is 0 Å². The molecule has 1 heterocycles. The highest BCUT2D eigenvalue weighted by Crippen LogP contribution is 2.18. The summed E-state index contributed by atoms with van der Waals surface area (Å²) in [6, 6.07) is 17.5. The molecule has 0 radical (unpaired) electrons. The minimum Gasteiger partial charge on any atom is -0.444 e. The van der Waals surface area contributed by atoms with E-state index in [9.17, 15) is 9.59 Å². The molecule has 0 atom stereocenters. The molecule has 0 bridgehead atoms. The first-order valence-electron chi connectivity index (χ1n) is 7.56. The molecule has 0 aliphatic rings. The van der Waals surface area contributed by atoms with Crippen LogP contribution in [0.25, 0.3) is 0 Å². The number of carbonyl (C=O) groups excluding carboxylic acids is 2. The first-order valence-corrected chi connectivity index (χ1v) is 8.36. The third kappa shape index (κ3) is 4.16. The van der Waals surface area contributed by atoms with Crippen LogP contribution in [0, 0.1) is 6.92 Å². The van der Waals surface area contributed by atoms with E-state index in [0.29, 0.717) is 21.6 Å². The lowest BCUT2D eigenvalue weighted by Gasteiger charge is -2.09. The first kappa shape index (κ1) is 17.0. The summed E-state index contributed by atoms with van der Waals surface area (Å²) < 4.78 is 5.69. The molecule has 2 aromatic carbocycles. The van der Waals surface area contributed by atoms with Gasteiger partial charge in [0.2, 0.25) is 0 Å². The molecular formula is C19H15BrN2O3. The average molecular weight is 399 g/mol. The monoisotopic (exact) mass is 398 g/mol. The van der Waals surface area contributed by atoms with Crippen LogP contribution in [0.4, 0.5) is 11.4 Å². The standard InChI is InChI=1S/C19H15BrN2O3/c1-12-4-2-3-5-15(12)18(23)21-13-6-8-14(9-7-13)22-19(24)16-10-11-17(20)25-16/h2-11H,1H3,(H,21,23)(H,22,24). The Labute approximate surface area is 153 Å². The van der Waals surface area contributed by atoms with Gasteiger partial charge in [0.05, 0.1) is 0 Å². The van der Waals surface area contributed by atoms with E-state index in [2.05, 4.69) is 26.6 Å². The van der Waals surface area contributed by atoms with Crippen LogP contribution in [0.15, 0.2) is 69.8 Å². The zero-order valence-electron chi connectivity index (χ0n) is 13.4. The Morgan fingerprint density at radius 1 is 0.840 bits per heavy atom. The zero-order valence-corrected chi connectivity index (χ0v) is 15.0. The van der Waals surface area contributed by atoms with Crippen molar-refractivity contribution in [3.63, 3.8) is 0 Å². The number of benzene rings is 2. The Bertz CT molecular complexity index is 916. The van der Waals surface area contributed by atoms with Crippen molar-refractivity contribution < 1.29 is 14.0 Å². The molecule has 0 aliphatic heterocycles. The largest absolute Gasteiger partial charge is 0.444 e. The summed E-state index contributed by atoms with van der Waals surface area (Å²) in [5.41, 5.74) is 2.79. The Kier molecular flexibility index (Phi) is 5.00. The third-order valence-electron chi connectivity index (χ3n) is 3.59. The minimum absolute atomic E-state index is 0.171. The van der Waals surface area contributed by atoms with Gasteiger partial charge in [-0.3, -0.25) is 9.59 Å². The van der Waals surface area contributed by atoms with Gasteiger partial charge in [-0.25, -0.2) is 0 Å². The number of hydrogen-bond acceptors (Lipinski definition) is 3. The third-order valence-corrected chi connectivity index (χ3v) is 4.01. The van der Waals surface area contributed by atoms with Gasteiger partial charge in [-0.2, -0.15) is 0 Å². The molecule has 0 spiro atoms. The van der Waals surface area contributed by atoms with Crippen molar-refractivity contribution in [3.05, 3.63) is 82.2 Å². The van der Waals surface area contributed by atoms with Gasteiger partial charge < -0.3 is 15.1 Å². The molecule has 0 saturated heterocycles. The number of halogens is 1. The molecule has 3 rings (SSSR count). The highest BCUT2D eigenvalue weighted by molar-refractivity contribution is 9.10. The van der Waals surface area contributed by atoms with E-state index in [0.717, 1.165) is 5.56 Å². The number of furan rings is 1. The molecule has 0 saturated carbocycles. The second-order valence-electron chi connectivity index (χ2n) is 5.40. The smallest absolute Gasteiger partial charge is 0.291 e. The maximum absolute atomic E-state index is 12.3. The maximum Gasteiger partial charge on any atom is 0.291 e. The minimum atomic E-state index is -0.345. The Morgan fingerprint density at radius 3 is 2.00 bits per heavy atom. The van der Waals surface area contributed by atoms with E-state index in [4.69, 9.17) is 4.42 Å². The molecule has 0 aliphatic carbocycles. The van der Waals surface area contributed by atoms with Crippen molar-refractivity contribution in [3.8, 4) is 0 Å². The van der Waals surface area contributed by atoms with Crippen LogP contribution in [-0.2, 0) is 0 Å². The number of rotatable bonds is 4. The summed E-state index contributed by atoms with van der Waals surface area (Å²) in [5.74, 6) is -0.304. The van der Waals surface area contributed by atoms with Gasteiger partial charge in [-0.1, -0.05) is 18.2 Å². The predicted molar refractivity (Wildman–Crippen MR) is 99.9 cm³/mol. The van der Waals surface area contributed by atoms with Crippen molar-refractivity contribution in [2.75, 3.05) is 10.6 Å². The number of hydrogen-bond donors (Lipinski definition) is 2. The van der Waals surface area contributed by atoms with E-state index in [1.54, 1.807) is 42.5 Å². The predicted octanol–water partition coefficient (Wildman–Crippen LogP) is 4.86. The molecule has 126 valence electrons. The van der Waals surface area contributed by atoms with Crippen molar-refractivity contribution in [2.45, 2.75) is 6.92 Å². The summed E-state index contributed by atoms with van der Waals surface area (Å²) in [5, 5.41) is 5.56. The fourth-order valence-corrected chi connectivity index (χ4v) is 2.60. The molecule has 6 heteroatoms. The molecule has 3 aromatic rings. The van der Waals surface area contributed by atoms with Crippen LogP contribution in [0.1, 0.15) is 26.5 Å². The van der Waals surface area contributed by atoms with Crippen LogP contribution in [-0.4, -0.2) is 11.8 Å². The molecule has 25 heavy (non-hydrogen) atoms. The summed E-state index contributed by atoms with van der Waals surface area (Å²) in [7, 11) is 0. The maximum atomic E-state index is 12.3. The number of aryl methyl sites for hydroxylation is 1. The van der Waals surface area contributed by atoms with Gasteiger partial charge in [0.15, 0.2) is 10.4 Å². The van der Waals surface area contributed by atoms with Crippen LogP contribution >= 0.6 is 15.9 Å². The number of nitrogens with one attached hydrogen (secondary N) is 2. The van der Waals surface area contributed by atoms with Crippen molar-refractivity contribution >= 4 is 39.1 Å². The van der Waals surface area contributed by atoms with Crippen molar-refractivity contribution in [1.29, 1.82) is 0 Å². The summed E-state index contributed by atoms with van der Waals surface area (Å²) in [4.78, 5) is 24.3. The lowest BCUT2D eigenvalue weighted by atomic mass is 10.1. The van der Waals surface area contributed by atoms with Crippen molar-refractivity contribution in [2.24, 2.45) is 0 Å². The second kappa shape index (κ2) is 7.36. The number of anilines is 2. The Hall–Kier alpha value is -2.86. The molecular weight excluding hydrogens is 384 g/mol. The molecule has 5 nitrogen and oxygen atoms in total. The van der Waals surface area contributed by atoms with Gasteiger partial charge in [0.1, 0.15) is 0 Å². The molecule has 2 N–H and O–H groups in total. The highest BCUT2D eigenvalue weighted by Gasteiger charge is 2.11. The zero-order chi connectivity index (χ0) is 17.8.